The van der Waals surface area contributed by atoms with Crippen LogP contribution in [0.25, 0.3) is 11.3 Å². The second kappa shape index (κ2) is 7.59. The summed E-state index contributed by atoms with van der Waals surface area (Å²) in [4.78, 5) is 14.9. The third kappa shape index (κ3) is 3.39. The Morgan fingerprint density at radius 2 is 2.24 bits per heavy atom. The molecule has 2 fully saturated rings. The maximum absolute atomic E-state index is 13.1. The number of hydrogen-bond donors (Lipinski definition) is 1. The number of carbonyl (C=O) groups excluding carboxylic acids is 1. The summed E-state index contributed by atoms with van der Waals surface area (Å²) < 4.78 is 7.98. The van der Waals surface area contributed by atoms with Crippen LogP contribution in [0, 0.1) is 19.3 Å². The molecule has 0 radical (unpaired) electrons. The Labute approximate surface area is 172 Å². The summed E-state index contributed by atoms with van der Waals surface area (Å²) in [5.41, 5.74) is 4.50. The van der Waals surface area contributed by atoms with Gasteiger partial charge in [0.15, 0.2) is 0 Å². The maximum atomic E-state index is 13.1. The predicted molar refractivity (Wildman–Crippen MR) is 112 cm³/mol. The van der Waals surface area contributed by atoms with Crippen LogP contribution >= 0.6 is 0 Å². The summed E-state index contributed by atoms with van der Waals surface area (Å²) in [7, 11) is 1.89. The lowest BCUT2D eigenvalue weighted by molar-refractivity contribution is 0.0464. The normalized spacial score (nSPS) is 24.7. The second-order valence-corrected chi connectivity index (χ2v) is 8.94. The topological polar surface area (TPSA) is 76.0 Å². The Kier molecular flexibility index (Phi) is 5.27. The van der Waals surface area contributed by atoms with Gasteiger partial charge in [-0.2, -0.15) is 10.2 Å². The fourth-order valence-corrected chi connectivity index (χ4v) is 5.26. The van der Waals surface area contributed by atoms with Gasteiger partial charge in [-0.3, -0.25) is 14.6 Å². The molecule has 1 unspecified atom stereocenters. The lowest BCUT2D eigenvalue weighted by Gasteiger charge is -2.32. The number of amides is 1. The second-order valence-electron chi connectivity index (χ2n) is 8.94. The highest BCUT2D eigenvalue weighted by Crippen LogP contribution is 2.47. The van der Waals surface area contributed by atoms with E-state index in [9.17, 15) is 4.79 Å². The van der Waals surface area contributed by atoms with Crippen molar-refractivity contribution in [2.45, 2.75) is 71.9 Å². The van der Waals surface area contributed by atoms with Gasteiger partial charge in [-0.15, -0.1) is 0 Å². The van der Waals surface area contributed by atoms with Gasteiger partial charge < -0.3 is 9.64 Å². The molecule has 1 saturated carbocycles. The van der Waals surface area contributed by atoms with Crippen molar-refractivity contribution in [2.24, 2.45) is 5.41 Å². The van der Waals surface area contributed by atoms with Gasteiger partial charge in [0.1, 0.15) is 5.69 Å². The van der Waals surface area contributed by atoms with E-state index >= 15 is 0 Å². The van der Waals surface area contributed by atoms with E-state index in [1.807, 2.05) is 24.9 Å². The largest absolute Gasteiger partial charge is 0.378 e. The zero-order valence-corrected chi connectivity index (χ0v) is 18.3. The standard InChI is InChI=1S/C22H33N5O2/c1-6-14(2)27-16(4)20(15(3)25-27)17-12-18(24-23-17)21(28)26(5)13-22-9-7-8-19(22)29-11-10-22/h12,14,19H,6-11,13H2,1-5H3,(H,23,24)/t14?,19-,22-/m1/s1. The van der Waals surface area contributed by atoms with Crippen LogP contribution in [0.1, 0.15) is 73.9 Å². The van der Waals surface area contributed by atoms with Gasteiger partial charge in [0.25, 0.3) is 5.91 Å². The van der Waals surface area contributed by atoms with Gasteiger partial charge in [0.2, 0.25) is 0 Å². The molecule has 3 heterocycles. The lowest BCUT2D eigenvalue weighted by Crippen LogP contribution is -2.41. The van der Waals surface area contributed by atoms with Crippen molar-refractivity contribution in [3.8, 4) is 11.3 Å². The quantitative estimate of drug-likeness (QED) is 0.799. The molecule has 29 heavy (non-hydrogen) atoms. The SMILES string of the molecule is CCC(C)n1nc(C)c(-c2cc(C(=O)N(C)C[C@]34CCC[C@H]3OCC4)[nH]n2)c1C. The number of carbonyl (C=O) groups is 1. The van der Waals surface area contributed by atoms with Crippen LogP contribution in [0.15, 0.2) is 6.07 Å². The molecule has 158 valence electrons. The van der Waals surface area contributed by atoms with Crippen LogP contribution in [-0.2, 0) is 4.74 Å². The van der Waals surface area contributed by atoms with Crippen LogP contribution in [-0.4, -0.2) is 57.1 Å². The fourth-order valence-electron chi connectivity index (χ4n) is 5.26. The molecule has 7 heteroatoms. The van der Waals surface area contributed by atoms with E-state index in [4.69, 9.17) is 9.84 Å². The predicted octanol–water partition coefficient (Wildman–Crippen LogP) is 3.89. The molecular weight excluding hydrogens is 366 g/mol. The van der Waals surface area contributed by atoms with E-state index in [1.165, 1.54) is 6.42 Å². The van der Waals surface area contributed by atoms with E-state index in [2.05, 4.69) is 35.7 Å². The molecule has 4 rings (SSSR count). The minimum Gasteiger partial charge on any atom is -0.378 e. The molecule has 0 aromatic carbocycles. The fraction of sp³-hybridized carbons (Fsp3) is 0.682. The number of nitrogens with zero attached hydrogens (tertiary/aromatic N) is 4. The first kappa shape index (κ1) is 20.1. The molecule has 0 spiro atoms. The Hall–Kier alpha value is -2.15. The minimum atomic E-state index is -0.0136. The highest BCUT2D eigenvalue weighted by molar-refractivity contribution is 5.93. The molecule has 3 atom stereocenters. The molecule has 2 aliphatic rings. The van der Waals surface area contributed by atoms with Gasteiger partial charge in [-0.1, -0.05) is 13.3 Å². The number of ether oxygens (including phenoxy) is 1. The summed E-state index contributed by atoms with van der Waals surface area (Å²) in [6.45, 7) is 9.96. The van der Waals surface area contributed by atoms with E-state index in [1.54, 1.807) is 0 Å². The molecule has 1 aliphatic carbocycles. The molecule has 0 bridgehead atoms. The zero-order valence-electron chi connectivity index (χ0n) is 18.3. The van der Waals surface area contributed by atoms with Crippen molar-refractivity contribution in [1.82, 2.24) is 24.9 Å². The summed E-state index contributed by atoms with van der Waals surface area (Å²) in [6.07, 6.45) is 5.84. The first-order valence-electron chi connectivity index (χ1n) is 10.8. The molecule has 2 aromatic heterocycles. The smallest absolute Gasteiger partial charge is 0.271 e. The molecule has 1 amide bonds. The average Bonchev–Trinajstić information content (AvgIpc) is 3.44. The maximum Gasteiger partial charge on any atom is 0.271 e. The minimum absolute atomic E-state index is 0.0136. The molecular formula is C22H33N5O2. The van der Waals surface area contributed by atoms with E-state index in [-0.39, 0.29) is 11.3 Å². The number of aryl methyl sites for hydroxylation is 1. The Morgan fingerprint density at radius 3 is 3.00 bits per heavy atom. The molecule has 1 aliphatic heterocycles. The highest BCUT2D eigenvalue weighted by Gasteiger charge is 2.48. The van der Waals surface area contributed by atoms with Gasteiger partial charge >= 0.3 is 0 Å². The van der Waals surface area contributed by atoms with Gasteiger partial charge in [0.05, 0.1) is 17.5 Å². The monoisotopic (exact) mass is 399 g/mol. The van der Waals surface area contributed by atoms with E-state index < -0.39 is 0 Å². The zero-order chi connectivity index (χ0) is 20.8. The van der Waals surface area contributed by atoms with E-state index in [0.29, 0.717) is 17.8 Å². The van der Waals surface area contributed by atoms with Gasteiger partial charge in [0, 0.05) is 42.9 Å². The van der Waals surface area contributed by atoms with Gasteiger partial charge in [-0.25, -0.2) is 0 Å². The average molecular weight is 400 g/mol. The van der Waals surface area contributed by atoms with Crippen LogP contribution in [0.3, 0.4) is 0 Å². The summed E-state index contributed by atoms with van der Waals surface area (Å²) >= 11 is 0. The number of aromatic amines is 1. The third-order valence-electron chi connectivity index (χ3n) is 7.04. The van der Waals surface area contributed by atoms with Crippen molar-refractivity contribution in [3.63, 3.8) is 0 Å². The third-order valence-corrected chi connectivity index (χ3v) is 7.04. The highest BCUT2D eigenvalue weighted by atomic mass is 16.5. The van der Waals surface area contributed by atoms with Crippen molar-refractivity contribution in [2.75, 3.05) is 20.2 Å². The number of nitrogens with one attached hydrogen (secondary N) is 1. The van der Waals surface area contributed by atoms with Crippen molar-refractivity contribution in [3.05, 3.63) is 23.1 Å². The Bertz CT molecular complexity index is 889. The van der Waals surface area contributed by atoms with Crippen molar-refractivity contribution in [1.29, 1.82) is 0 Å². The summed E-state index contributed by atoms with van der Waals surface area (Å²) in [6, 6.07) is 2.20. The van der Waals surface area contributed by atoms with Crippen molar-refractivity contribution < 1.29 is 9.53 Å². The molecule has 2 aromatic rings. The molecule has 7 nitrogen and oxygen atoms in total. The first-order valence-corrected chi connectivity index (χ1v) is 10.8. The summed E-state index contributed by atoms with van der Waals surface area (Å²) in [5, 5.41) is 12.1. The Morgan fingerprint density at radius 1 is 1.45 bits per heavy atom. The first-order chi connectivity index (χ1) is 13.9. The molecule has 1 N–H and O–H groups in total. The number of rotatable bonds is 6. The van der Waals surface area contributed by atoms with E-state index in [0.717, 1.165) is 61.5 Å². The van der Waals surface area contributed by atoms with Crippen LogP contribution in [0.4, 0.5) is 0 Å². The van der Waals surface area contributed by atoms with Gasteiger partial charge in [-0.05, 0) is 52.5 Å². The Balaban J connectivity index is 1.53. The number of fused-ring (bicyclic) bond motifs is 1. The number of aromatic nitrogens is 4. The van der Waals surface area contributed by atoms with Crippen LogP contribution < -0.4 is 0 Å². The van der Waals surface area contributed by atoms with Crippen LogP contribution in [0.2, 0.25) is 0 Å². The number of H-pyrrole nitrogens is 1. The summed E-state index contributed by atoms with van der Waals surface area (Å²) in [5.74, 6) is -0.0136. The van der Waals surface area contributed by atoms with Crippen molar-refractivity contribution >= 4 is 5.91 Å². The number of hydrogen-bond acceptors (Lipinski definition) is 4. The molecule has 1 saturated heterocycles. The van der Waals surface area contributed by atoms with Crippen LogP contribution in [0.5, 0.6) is 0 Å². The lowest BCUT2D eigenvalue weighted by atomic mass is 9.82.